The summed E-state index contributed by atoms with van der Waals surface area (Å²) in [5, 5.41) is 0. The molecule has 0 amide bonds. The van der Waals surface area contributed by atoms with Crippen molar-refractivity contribution in [2.75, 3.05) is 7.05 Å². The first-order valence-corrected chi connectivity index (χ1v) is 6.59. The van der Waals surface area contributed by atoms with Crippen LogP contribution in [0, 0.1) is 0 Å². The minimum atomic E-state index is -3.47. The molecule has 0 radical (unpaired) electrons. The zero-order chi connectivity index (χ0) is 12.3. The maximum absolute atomic E-state index is 11.5. The molecule has 0 unspecified atom stereocenters. The Hall–Kier alpha value is -1.65. The van der Waals surface area contributed by atoms with E-state index in [0.717, 1.165) is 11.1 Å². The number of hydrogen-bond donors (Lipinski definition) is 0. The van der Waals surface area contributed by atoms with Gasteiger partial charge in [-0.1, -0.05) is 42.5 Å². The molecule has 0 aliphatic rings. The van der Waals surface area contributed by atoms with E-state index in [2.05, 4.69) is 4.72 Å². The molecule has 0 saturated carbocycles. The van der Waals surface area contributed by atoms with E-state index in [1.807, 2.05) is 30.3 Å². The Morgan fingerprint density at radius 2 is 1.35 bits per heavy atom. The van der Waals surface area contributed by atoms with E-state index in [9.17, 15) is 8.42 Å². The van der Waals surface area contributed by atoms with Crippen molar-refractivity contribution < 1.29 is 8.42 Å². The summed E-state index contributed by atoms with van der Waals surface area (Å²) in [6, 6.07) is 16.5. The lowest BCUT2D eigenvalue weighted by molar-refractivity contribution is 0.602. The minimum absolute atomic E-state index is 0.222. The van der Waals surface area contributed by atoms with Crippen LogP contribution in [-0.2, 0) is 10.0 Å². The summed E-state index contributed by atoms with van der Waals surface area (Å²) in [5.74, 6) is 0. The molecular formula is C13H12NO2S-. The number of nitrogens with zero attached hydrogens (tertiary/aromatic N) is 1. The average molecular weight is 246 g/mol. The van der Waals surface area contributed by atoms with Crippen LogP contribution in [0.2, 0.25) is 0 Å². The summed E-state index contributed by atoms with van der Waals surface area (Å²) in [7, 11) is -2.19. The lowest BCUT2D eigenvalue weighted by Crippen LogP contribution is -1.96. The molecule has 0 fully saturated rings. The van der Waals surface area contributed by atoms with Gasteiger partial charge in [0.2, 0.25) is 0 Å². The lowest BCUT2D eigenvalue weighted by atomic mass is 10.1. The fourth-order valence-electron chi connectivity index (χ4n) is 1.56. The fraction of sp³-hybridized carbons (Fsp3) is 0.0769. The standard InChI is InChI=1S/C13H12NO2S/c1-14-17(15,16)13-9-7-12(8-10-13)11-5-3-2-4-6-11/h2-10H,1H3/q-1. The summed E-state index contributed by atoms with van der Waals surface area (Å²) in [6.07, 6.45) is 0. The average Bonchev–Trinajstić information content (AvgIpc) is 2.40. The Balaban J connectivity index is 2.38. The molecule has 0 bridgehead atoms. The molecule has 2 aromatic carbocycles. The summed E-state index contributed by atoms with van der Waals surface area (Å²) < 4.78 is 26.3. The van der Waals surface area contributed by atoms with Crippen LogP contribution in [0.1, 0.15) is 0 Å². The van der Waals surface area contributed by atoms with Crippen LogP contribution in [-0.4, -0.2) is 15.5 Å². The van der Waals surface area contributed by atoms with Gasteiger partial charge in [0.1, 0.15) is 10.0 Å². The van der Waals surface area contributed by atoms with Crippen LogP contribution in [0.3, 0.4) is 0 Å². The molecular weight excluding hydrogens is 234 g/mol. The molecule has 2 aromatic rings. The van der Waals surface area contributed by atoms with E-state index in [4.69, 9.17) is 0 Å². The molecule has 0 aliphatic heterocycles. The molecule has 0 atom stereocenters. The molecule has 4 heteroatoms. The van der Waals surface area contributed by atoms with E-state index in [0.29, 0.717) is 0 Å². The van der Waals surface area contributed by atoms with Crippen LogP contribution in [0.4, 0.5) is 0 Å². The Labute approximate surface area is 101 Å². The second-order valence-electron chi connectivity index (χ2n) is 3.55. The van der Waals surface area contributed by atoms with E-state index < -0.39 is 10.0 Å². The molecule has 17 heavy (non-hydrogen) atoms. The summed E-state index contributed by atoms with van der Waals surface area (Å²) in [5.41, 5.74) is 2.05. The summed E-state index contributed by atoms with van der Waals surface area (Å²) >= 11 is 0. The van der Waals surface area contributed by atoms with Gasteiger partial charge in [0.05, 0.1) is 0 Å². The van der Waals surface area contributed by atoms with Gasteiger partial charge in [0.15, 0.2) is 0 Å². The van der Waals surface area contributed by atoms with Gasteiger partial charge in [-0.15, -0.1) is 0 Å². The van der Waals surface area contributed by atoms with Crippen molar-refractivity contribution in [3.05, 3.63) is 59.3 Å². The summed E-state index contributed by atoms with van der Waals surface area (Å²) in [6.45, 7) is 0. The van der Waals surface area contributed by atoms with Crippen molar-refractivity contribution in [2.45, 2.75) is 4.90 Å². The number of sulfonamides is 1. The lowest BCUT2D eigenvalue weighted by Gasteiger charge is -2.13. The van der Waals surface area contributed by atoms with Crippen LogP contribution >= 0.6 is 0 Å². The van der Waals surface area contributed by atoms with Crippen molar-refractivity contribution in [2.24, 2.45) is 0 Å². The second-order valence-corrected chi connectivity index (χ2v) is 5.33. The Bertz CT molecular complexity index is 589. The maximum atomic E-state index is 11.5. The molecule has 0 heterocycles. The van der Waals surface area contributed by atoms with E-state index in [1.54, 1.807) is 24.3 Å². The van der Waals surface area contributed by atoms with Crippen molar-refractivity contribution >= 4 is 10.0 Å². The van der Waals surface area contributed by atoms with Crippen molar-refractivity contribution in [1.82, 2.24) is 0 Å². The monoisotopic (exact) mass is 246 g/mol. The maximum Gasteiger partial charge on any atom is 0.101 e. The number of benzene rings is 2. The molecule has 88 valence electrons. The van der Waals surface area contributed by atoms with Crippen LogP contribution < -0.4 is 0 Å². The van der Waals surface area contributed by atoms with Gasteiger partial charge in [-0.2, -0.15) is 7.05 Å². The Morgan fingerprint density at radius 3 is 1.88 bits per heavy atom. The second kappa shape index (κ2) is 4.69. The molecule has 2 rings (SSSR count). The quantitative estimate of drug-likeness (QED) is 0.835. The zero-order valence-corrected chi connectivity index (χ0v) is 10.2. The van der Waals surface area contributed by atoms with Gasteiger partial charge in [0, 0.05) is 4.90 Å². The Morgan fingerprint density at radius 1 is 0.824 bits per heavy atom. The molecule has 0 saturated heterocycles. The largest absolute Gasteiger partial charge is 0.547 e. The predicted octanol–water partition coefficient (Wildman–Crippen LogP) is 3.05. The molecule has 0 aliphatic carbocycles. The van der Waals surface area contributed by atoms with Crippen LogP contribution in [0.5, 0.6) is 0 Å². The Kier molecular flexibility index (Phi) is 3.26. The third-order valence-electron chi connectivity index (χ3n) is 2.50. The third kappa shape index (κ3) is 2.54. The SMILES string of the molecule is C[N-]S(=O)(=O)c1ccc(-c2ccccc2)cc1. The van der Waals surface area contributed by atoms with Crippen molar-refractivity contribution in [3.8, 4) is 11.1 Å². The van der Waals surface area contributed by atoms with Crippen molar-refractivity contribution in [3.63, 3.8) is 0 Å². The highest BCUT2D eigenvalue weighted by Gasteiger charge is 2.03. The molecule has 3 nitrogen and oxygen atoms in total. The first kappa shape index (κ1) is 11.8. The smallest absolute Gasteiger partial charge is 0.101 e. The van der Waals surface area contributed by atoms with Gasteiger partial charge in [0.25, 0.3) is 0 Å². The van der Waals surface area contributed by atoms with E-state index in [1.165, 1.54) is 7.05 Å². The van der Waals surface area contributed by atoms with Crippen molar-refractivity contribution in [1.29, 1.82) is 0 Å². The first-order chi connectivity index (χ1) is 8.13. The van der Waals surface area contributed by atoms with Gasteiger partial charge in [-0.25, -0.2) is 8.42 Å². The highest BCUT2D eigenvalue weighted by Crippen LogP contribution is 2.22. The molecule has 0 spiro atoms. The van der Waals surface area contributed by atoms with E-state index >= 15 is 0 Å². The highest BCUT2D eigenvalue weighted by atomic mass is 32.2. The summed E-state index contributed by atoms with van der Waals surface area (Å²) in [4.78, 5) is 0.222. The van der Waals surface area contributed by atoms with Crippen LogP contribution in [0.25, 0.3) is 15.8 Å². The minimum Gasteiger partial charge on any atom is -0.547 e. The highest BCUT2D eigenvalue weighted by molar-refractivity contribution is 7.94. The van der Waals surface area contributed by atoms with Gasteiger partial charge in [-0.05, 0) is 23.3 Å². The van der Waals surface area contributed by atoms with E-state index in [-0.39, 0.29) is 4.90 Å². The third-order valence-corrected chi connectivity index (χ3v) is 3.85. The number of rotatable bonds is 3. The predicted molar refractivity (Wildman–Crippen MR) is 68.3 cm³/mol. The van der Waals surface area contributed by atoms with Gasteiger partial charge < -0.3 is 4.72 Å². The fourth-order valence-corrected chi connectivity index (χ4v) is 2.25. The first-order valence-electron chi connectivity index (χ1n) is 5.15. The molecule has 0 aromatic heterocycles. The normalized spacial score (nSPS) is 11.4. The topological polar surface area (TPSA) is 48.2 Å². The zero-order valence-electron chi connectivity index (χ0n) is 9.37. The van der Waals surface area contributed by atoms with Crippen LogP contribution in [0.15, 0.2) is 59.5 Å². The van der Waals surface area contributed by atoms with Gasteiger partial charge >= 0.3 is 0 Å². The van der Waals surface area contributed by atoms with Gasteiger partial charge in [-0.3, -0.25) is 0 Å². The molecule has 0 N–H and O–H groups in total. The number of hydrogen-bond acceptors (Lipinski definition) is 2.